The second-order valence-electron chi connectivity index (χ2n) is 8.01. The third-order valence-electron chi connectivity index (χ3n) is 5.61. The predicted molar refractivity (Wildman–Crippen MR) is 121 cm³/mol. The molecule has 0 bridgehead atoms. The first-order chi connectivity index (χ1) is 14.6. The van der Waals surface area contributed by atoms with E-state index in [1.807, 2.05) is 37.3 Å². The van der Waals surface area contributed by atoms with Crippen molar-refractivity contribution in [2.45, 2.75) is 42.5 Å². The zero-order chi connectivity index (χ0) is 20.9. The Hall–Kier alpha value is -2.03. The number of rotatable bonds is 7. The Balaban J connectivity index is 1.41. The number of amides is 1. The fourth-order valence-electron chi connectivity index (χ4n) is 3.86. The summed E-state index contributed by atoms with van der Waals surface area (Å²) >= 11 is 2.98. The van der Waals surface area contributed by atoms with Crippen molar-refractivity contribution in [2.75, 3.05) is 26.2 Å². The lowest BCUT2D eigenvalue weighted by atomic mass is 9.99. The lowest BCUT2D eigenvalue weighted by Crippen LogP contribution is -3.13. The highest BCUT2D eigenvalue weighted by Crippen LogP contribution is 2.31. The van der Waals surface area contributed by atoms with Gasteiger partial charge in [-0.05, 0) is 49.6 Å². The van der Waals surface area contributed by atoms with E-state index < -0.39 is 0 Å². The first kappa shape index (κ1) is 21.2. The maximum absolute atomic E-state index is 13.0. The van der Waals surface area contributed by atoms with E-state index in [0.717, 1.165) is 44.2 Å². The number of piperidine rings is 1. The average molecular weight is 443 g/mol. The average Bonchev–Trinajstić information content (AvgIpc) is 3.16. The van der Waals surface area contributed by atoms with E-state index in [-0.39, 0.29) is 5.91 Å². The van der Waals surface area contributed by atoms with Crippen molar-refractivity contribution in [3.05, 3.63) is 40.9 Å². The van der Waals surface area contributed by atoms with E-state index in [2.05, 4.69) is 22.4 Å². The molecule has 8 heteroatoms. The van der Waals surface area contributed by atoms with Gasteiger partial charge in [0.2, 0.25) is 0 Å². The fourth-order valence-corrected chi connectivity index (χ4v) is 5.64. The smallest absolute Gasteiger partial charge is 0.252 e. The molecule has 1 amide bonds. The van der Waals surface area contributed by atoms with Crippen molar-refractivity contribution in [2.24, 2.45) is 5.92 Å². The molecule has 3 aromatic rings. The minimum Gasteiger partial charge on any atom is -0.352 e. The lowest BCUT2D eigenvalue weighted by Gasteiger charge is -2.27. The second-order valence-corrected chi connectivity index (χ2v) is 10.5. The molecule has 0 spiro atoms. The number of nitrogens with zero attached hydrogens (tertiary/aromatic N) is 3. The summed E-state index contributed by atoms with van der Waals surface area (Å²) in [4.78, 5) is 19.4. The van der Waals surface area contributed by atoms with E-state index in [1.165, 1.54) is 49.0 Å². The third kappa shape index (κ3) is 5.36. The van der Waals surface area contributed by atoms with E-state index in [4.69, 9.17) is 4.98 Å². The topological polar surface area (TPSA) is 72.2 Å². The van der Waals surface area contributed by atoms with Crippen molar-refractivity contribution in [3.8, 4) is 0 Å². The van der Waals surface area contributed by atoms with Gasteiger partial charge in [-0.2, -0.15) is 0 Å². The van der Waals surface area contributed by atoms with Crippen LogP contribution in [0.5, 0.6) is 0 Å². The predicted octanol–water partition coefficient (Wildman–Crippen LogP) is 2.98. The number of fused-ring (bicyclic) bond motifs is 1. The van der Waals surface area contributed by atoms with Gasteiger partial charge in [0, 0.05) is 18.4 Å². The van der Waals surface area contributed by atoms with Crippen LogP contribution in [-0.2, 0) is 0 Å². The fraction of sp³-hybridized carbons (Fsp3) is 0.455. The molecular formula is C22H28N5OS2+. The molecule has 2 N–H and O–H groups in total. The lowest BCUT2D eigenvalue weighted by molar-refractivity contribution is -0.906. The van der Waals surface area contributed by atoms with Crippen molar-refractivity contribution in [1.82, 2.24) is 20.5 Å². The first-order valence-corrected chi connectivity index (χ1v) is 12.2. The van der Waals surface area contributed by atoms with Crippen LogP contribution in [0, 0.1) is 12.8 Å². The number of pyridine rings is 1. The molecule has 1 aromatic carbocycles. The number of hydrogen-bond acceptors (Lipinski definition) is 6. The molecule has 2 aromatic heterocycles. The van der Waals surface area contributed by atoms with Gasteiger partial charge < -0.3 is 10.2 Å². The largest absolute Gasteiger partial charge is 0.352 e. The summed E-state index contributed by atoms with van der Waals surface area (Å²) in [5.41, 5.74) is 1.49. The minimum absolute atomic E-state index is 0.0360. The molecule has 1 fully saturated rings. The molecule has 30 heavy (non-hydrogen) atoms. The molecule has 6 nitrogen and oxygen atoms in total. The summed E-state index contributed by atoms with van der Waals surface area (Å²) in [7, 11) is 0. The number of carbonyl (C=O) groups is 1. The van der Waals surface area contributed by atoms with E-state index in [0.29, 0.717) is 12.1 Å². The number of para-hydroxylation sites is 1. The summed E-state index contributed by atoms with van der Waals surface area (Å²) in [6.07, 6.45) is 3.64. The Kier molecular flexibility index (Phi) is 6.97. The van der Waals surface area contributed by atoms with Gasteiger partial charge in [0.25, 0.3) is 5.91 Å². The van der Waals surface area contributed by atoms with Gasteiger partial charge in [0.05, 0.1) is 30.7 Å². The molecule has 0 aliphatic carbocycles. The van der Waals surface area contributed by atoms with Crippen LogP contribution >= 0.6 is 23.1 Å². The number of likely N-dealkylation sites (tertiary alicyclic amines) is 1. The number of nitrogens with one attached hydrogen (secondary N) is 2. The summed E-state index contributed by atoms with van der Waals surface area (Å²) in [5, 5.41) is 13.9. The third-order valence-corrected chi connectivity index (χ3v) is 7.42. The number of carbonyl (C=O) groups excluding carboxylic acids is 1. The molecular weight excluding hydrogens is 414 g/mol. The molecule has 0 radical (unpaired) electrons. The summed E-state index contributed by atoms with van der Waals surface area (Å²) in [6, 6.07) is 9.67. The van der Waals surface area contributed by atoms with Crippen LogP contribution in [-0.4, -0.2) is 47.3 Å². The van der Waals surface area contributed by atoms with Crippen LogP contribution in [0.15, 0.2) is 39.7 Å². The van der Waals surface area contributed by atoms with Crippen LogP contribution in [0.4, 0.5) is 0 Å². The second kappa shape index (κ2) is 9.85. The highest BCUT2D eigenvalue weighted by Gasteiger charge is 2.19. The molecule has 3 heterocycles. The number of benzene rings is 1. The van der Waals surface area contributed by atoms with Crippen molar-refractivity contribution < 1.29 is 9.69 Å². The molecule has 1 aliphatic rings. The van der Waals surface area contributed by atoms with Crippen molar-refractivity contribution in [3.63, 3.8) is 0 Å². The van der Waals surface area contributed by atoms with E-state index >= 15 is 0 Å². The van der Waals surface area contributed by atoms with Crippen LogP contribution in [0.2, 0.25) is 0 Å². The summed E-state index contributed by atoms with van der Waals surface area (Å²) < 4.78 is 0.834. The molecule has 158 valence electrons. The quantitative estimate of drug-likeness (QED) is 0.551. The van der Waals surface area contributed by atoms with Gasteiger partial charge in [-0.1, -0.05) is 36.5 Å². The Morgan fingerprint density at radius 3 is 2.83 bits per heavy atom. The Labute approximate surface area is 185 Å². The summed E-state index contributed by atoms with van der Waals surface area (Å²) in [6.45, 7) is 8.62. The number of aryl methyl sites for hydroxylation is 1. The van der Waals surface area contributed by atoms with Gasteiger partial charge in [-0.25, -0.2) is 4.98 Å². The number of quaternary nitrogens is 1. The van der Waals surface area contributed by atoms with Gasteiger partial charge in [-0.3, -0.25) is 4.79 Å². The van der Waals surface area contributed by atoms with Crippen LogP contribution < -0.4 is 10.2 Å². The number of hydrogen-bond donors (Lipinski definition) is 2. The molecule has 0 saturated carbocycles. The van der Waals surface area contributed by atoms with Gasteiger partial charge >= 0.3 is 0 Å². The molecule has 4 rings (SSSR count). The van der Waals surface area contributed by atoms with Crippen LogP contribution in [0.25, 0.3) is 10.9 Å². The number of aromatic nitrogens is 3. The Morgan fingerprint density at radius 1 is 1.27 bits per heavy atom. The highest BCUT2D eigenvalue weighted by atomic mass is 32.2. The standard InChI is InChI=1S/C22H27N5OS2/c1-15-8-12-27(13-9-15)11-5-10-23-21(28)18-14-20(30-22-26-25-16(2)29-22)24-19-7-4-3-6-17(18)19/h3-4,6-7,14-15H,5,8-13H2,1-2H3,(H,23,28)/p+1. The Morgan fingerprint density at radius 2 is 2.07 bits per heavy atom. The van der Waals surface area contributed by atoms with Gasteiger partial charge in [0.1, 0.15) is 10.0 Å². The zero-order valence-corrected chi connectivity index (χ0v) is 19.1. The molecule has 1 aliphatic heterocycles. The van der Waals surface area contributed by atoms with Gasteiger partial charge in [0.15, 0.2) is 4.34 Å². The molecule has 0 unspecified atom stereocenters. The Bertz CT molecular complexity index is 1010. The summed E-state index contributed by atoms with van der Waals surface area (Å²) in [5.74, 6) is 0.829. The molecule has 1 saturated heterocycles. The van der Waals surface area contributed by atoms with Crippen LogP contribution in [0.3, 0.4) is 0 Å². The maximum atomic E-state index is 13.0. The highest BCUT2D eigenvalue weighted by molar-refractivity contribution is 8.01. The minimum atomic E-state index is -0.0360. The van der Waals surface area contributed by atoms with E-state index in [9.17, 15) is 4.79 Å². The van der Waals surface area contributed by atoms with E-state index in [1.54, 1.807) is 4.90 Å². The van der Waals surface area contributed by atoms with Crippen molar-refractivity contribution in [1.29, 1.82) is 0 Å². The monoisotopic (exact) mass is 442 g/mol. The maximum Gasteiger partial charge on any atom is 0.252 e. The zero-order valence-electron chi connectivity index (χ0n) is 17.5. The van der Waals surface area contributed by atoms with Crippen LogP contribution in [0.1, 0.15) is 41.6 Å². The van der Waals surface area contributed by atoms with Crippen molar-refractivity contribution >= 4 is 39.9 Å². The normalized spacial score (nSPS) is 19.1. The van der Waals surface area contributed by atoms with Gasteiger partial charge in [-0.15, -0.1) is 10.2 Å². The SMILES string of the molecule is Cc1nnc(Sc2cc(C(=O)NCCC[NH+]3CCC(C)CC3)c3ccccc3n2)s1. The molecule has 0 atom stereocenters. The first-order valence-electron chi connectivity index (χ1n) is 10.6.